The highest BCUT2D eigenvalue weighted by molar-refractivity contribution is 5.95. The van der Waals surface area contributed by atoms with E-state index in [4.69, 9.17) is 0 Å². The summed E-state index contributed by atoms with van der Waals surface area (Å²) in [5.74, 6) is 0.425. The summed E-state index contributed by atoms with van der Waals surface area (Å²) in [6.07, 6.45) is 3.48. The van der Waals surface area contributed by atoms with Gasteiger partial charge in [0.05, 0.1) is 11.5 Å². The van der Waals surface area contributed by atoms with Crippen molar-refractivity contribution in [3.05, 3.63) is 52.1 Å². The maximum atomic E-state index is 11.6. The molecule has 0 bridgehead atoms. The van der Waals surface area contributed by atoms with Gasteiger partial charge in [-0.2, -0.15) is 0 Å². The molecule has 0 fully saturated rings. The molecule has 116 valence electrons. The Morgan fingerprint density at radius 3 is 2.77 bits per heavy atom. The molecule has 0 spiro atoms. The summed E-state index contributed by atoms with van der Waals surface area (Å²) in [4.78, 5) is 28.3. The number of hydrogen-bond donors (Lipinski definition) is 1. The number of rotatable bonds is 5. The number of nitrogens with one attached hydrogen (secondary N) is 1. The standard InChI is InChI=1S/C14H17N5O3/c1-15-14(20)10-4-5-11(12(8-10)19(21)22)18(3)9-13-16-6-7-17(13)2/h4-8H,9H2,1-3H3,(H,15,20). The second-order valence-electron chi connectivity index (χ2n) is 4.85. The molecule has 0 aliphatic heterocycles. The van der Waals surface area contributed by atoms with Gasteiger partial charge in [-0.3, -0.25) is 14.9 Å². The van der Waals surface area contributed by atoms with Crippen LogP contribution in [0.2, 0.25) is 0 Å². The first-order valence-corrected chi connectivity index (χ1v) is 6.62. The number of aryl methyl sites for hydroxylation is 1. The van der Waals surface area contributed by atoms with Crippen LogP contribution < -0.4 is 10.2 Å². The fourth-order valence-corrected chi connectivity index (χ4v) is 2.12. The molecule has 0 unspecified atom stereocenters. The highest BCUT2D eigenvalue weighted by Crippen LogP contribution is 2.29. The number of carbonyl (C=O) groups is 1. The normalized spacial score (nSPS) is 10.3. The van der Waals surface area contributed by atoms with Crippen molar-refractivity contribution in [2.24, 2.45) is 7.05 Å². The van der Waals surface area contributed by atoms with Crippen LogP contribution in [0.1, 0.15) is 16.2 Å². The van der Waals surface area contributed by atoms with Crippen molar-refractivity contribution in [1.82, 2.24) is 14.9 Å². The lowest BCUT2D eigenvalue weighted by molar-refractivity contribution is -0.384. The van der Waals surface area contributed by atoms with Crippen molar-refractivity contribution in [3.63, 3.8) is 0 Å². The van der Waals surface area contributed by atoms with E-state index in [0.717, 1.165) is 5.82 Å². The second kappa shape index (κ2) is 6.25. The van der Waals surface area contributed by atoms with Gasteiger partial charge in [0.15, 0.2) is 0 Å². The monoisotopic (exact) mass is 303 g/mol. The highest BCUT2D eigenvalue weighted by Gasteiger charge is 2.20. The zero-order chi connectivity index (χ0) is 16.3. The van der Waals surface area contributed by atoms with Gasteiger partial charge in [0.2, 0.25) is 0 Å². The van der Waals surface area contributed by atoms with Crippen molar-refractivity contribution in [2.45, 2.75) is 6.54 Å². The Labute approximate surface area is 127 Å². The maximum absolute atomic E-state index is 11.6. The zero-order valence-electron chi connectivity index (χ0n) is 12.6. The Morgan fingerprint density at radius 2 is 2.23 bits per heavy atom. The van der Waals surface area contributed by atoms with Crippen LogP contribution in [0.5, 0.6) is 0 Å². The number of amides is 1. The van der Waals surface area contributed by atoms with Gasteiger partial charge in [0.1, 0.15) is 11.5 Å². The first-order valence-electron chi connectivity index (χ1n) is 6.62. The Morgan fingerprint density at radius 1 is 1.50 bits per heavy atom. The Hall–Kier alpha value is -2.90. The minimum absolute atomic E-state index is 0.113. The zero-order valence-corrected chi connectivity index (χ0v) is 12.6. The van der Waals surface area contributed by atoms with Crippen LogP contribution in [0.4, 0.5) is 11.4 Å². The van der Waals surface area contributed by atoms with Crippen LogP contribution >= 0.6 is 0 Å². The van der Waals surface area contributed by atoms with E-state index in [1.807, 2.05) is 17.8 Å². The van der Waals surface area contributed by atoms with Gasteiger partial charge in [0.25, 0.3) is 11.6 Å². The van der Waals surface area contributed by atoms with Gasteiger partial charge in [-0.15, -0.1) is 0 Å². The van der Waals surface area contributed by atoms with Gasteiger partial charge in [-0.05, 0) is 12.1 Å². The van der Waals surface area contributed by atoms with Gasteiger partial charge < -0.3 is 14.8 Å². The largest absolute Gasteiger partial charge is 0.362 e. The van der Waals surface area contributed by atoms with Crippen molar-refractivity contribution >= 4 is 17.3 Å². The van der Waals surface area contributed by atoms with Gasteiger partial charge in [0, 0.05) is 45.2 Å². The molecule has 1 aromatic carbocycles. The van der Waals surface area contributed by atoms with Crippen LogP contribution in [0.25, 0.3) is 0 Å². The molecule has 0 atom stereocenters. The van der Waals surface area contributed by atoms with Crippen molar-refractivity contribution < 1.29 is 9.72 Å². The second-order valence-corrected chi connectivity index (χ2v) is 4.85. The molecule has 0 aliphatic rings. The third-order valence-corrected chi connectivity index (χ3v) is 3.37. The quantitative estimate of drug-likeness (QED) is 0.664. The highest BCUT2D eigenvalue weighted by atomic mass is 16.6. The lowest BCUT2D eigenvalue weighted by Gasteiger charge is -2.19. The third kappa shape index (κ3) is 3.05. The molecular weight excluding hydrogens is 286 g/mol. The lowest BCUT2D eigenvalue weighted by atomic mass is 10.1. The summed E-state index contributed by atoms with van der Waals surface area (Å²) in [7, 11) is 5.09. The van der Waals surface area contributed by atoms with E-state index in [1.165, 1.54) is 13.1 Å². The van der Waals surface area contributed by atoms with E-state index in [0.29, 0.717) is 12.2 Å². The average Bonchev–Trinajstić information content (AvgIpc) is 2.90. The molecule has 8 nitrogen and oxygen atoms in total. The van der Waals surface area contributed by atoms with E-state index in [-0.39, 0.29) is 17.2 Å². The Bertz CT molecular complexity index is 710. The van der Waals surface area contributed by atoms with Gasteiger partial charge in [-0.1, -0.05) is 0 Å². The number of aromatic nitrogens is 2. The summed E-state index contributed by atoms with van der Waals surface area (Å²) in [6.45, 7) is 0.420. The van der Waals surface area contributed by atoms with E-state index < -0.39 is 4.92 Å². The van der Waals surface area contributed by atoms with E-state index in [9.17, 15) is 14.9 Å². The van der Waals surface area contributed by atoms with Crippen LogP contribution in [0.15, 0.2) is 30.6 Å². The van der Waals surface area contributed by atoms with Gasteiger partial charge in [-0.25, -0.2) is 4.98 Å². The minimum atomic E-state index is -0.489. The summed E-state index contributed by atoms with van der Waals surface area (Å²) in [5.41, 5.74) is 0.571. The number of benzene rings is 1. The number of anilines is 1. The molecule has 1 amide bonds. The molecule has 1 N–H and O–H groups in total. The molecular formula is C14H17N5O3. The van der Waals surface area contributed by atoms with Gasteiger partial charge >= 0.3 is 0 Å². The predicted octanol–water partition coefficient (Wildman–Crippen LogP) is 1.32. The number of nitrogens with zero attached hydrogens (tertiary/aromatic N) is 4. The van der Waals surface area contributed by atoms with E-state index >= 15 is 0 Å². The molecule has 2 aromatic rings. The fraction of sp³-hybridized carbons (Fsp3) is 0.286. The predicted molar refractivity (Wildman–Crippen MR) is 81.8 cm³/mol. The molecule has 1 heterocycles. The topological polar surface area (TPSA) is 93.3 Å². The Balaban J connectivity index is 2.35. The molecule has 0 aliphatic carbocycles. The first-order chi connectivity index (χ1) is 10.4. The van der Waals surface area contributed by atoms with Crippen molar-refractivity contribution in [3.8, 4) is 0 Å². The fourth-order valence-electron chi connectivity index (χ4n) is 2.12. The average molecular weight is 303 g/mol. The Kier molecular flexibility index (Phi) is 4.40. The van der Waals surface area contributed by atoms with Crippen molar-refractivity contribution in [1.29, 1.82) is 0 Å². The SMILES string of the molecule is CNC(=O)c1ccc(N(C)Cc2nccn2C)c([N+](=O)[O-])c1. The number of carbonyl (C=O) groups excluding carboxylic acids is 1. The number of imidazole rings is 1. The van der Waals surface area contributed by atoms with Crippen molar-refractivity contribution in [2.75, 3.05) is 19.0 Å². The molecule has 1 aromatic heterocycles. The summed E-state index contributed by atoms with van der Waals surface area (Å²) < 4.78 is 1.85. The van der Waals surface area contributed by atoms with Crippen LogP contribution in [0, 0.1) is 10.1 Å². The van der Waals surface area contributed by atoms with Crippen LogP contribution in [-0.4, -0.2) is 34.5 Å². The molecule has 2 rings (SSSR count). The number of nitro groups is 1. The maximum Gasteiger partial charge on any atom is 0.293 e. The lowest BCUT2D eigenvalue weighted by Crippen LogP contribution is -2.21. The summed E-state index contributed by atoms with van der Waals surface area (Å²) >= 11 is 0. The number of hydrogen-bond acceptors (Lipinski definition) is 5. The smallest absolute Gasteiger partial charge is 0.293 e. The molecule has 0 saturated carbocycles. The number of nitro benzene ring substituents is 1. The summed E-state index contributed by atoms with van der Waals surface area (Å²) in [6, 6.07) is 4.42. The van der Waals surface area contributed by atoms with E-state index in [2.05, 4.69) is 10.3 Å². The molecule has 22 heavy (non-hydrogen) atoms. The van der Waals surface area contributed by atoms with Crippen LogP contribution in [0.3, 0.4) is 0 Å². The molecule has 8 heteroatoms. The molecule has 0 radical (unpaired) electrons. The summed E-state index contributed by atoms with van der Waals surface area (Å²) in [5, 5.41) is 13.7. The van der Waals surface area contributed by atoms with Crippen LogP contribution in [-0.2, 0) is 13.6 Å². The van der Waals surface area contributed by atoms with E-state index in [1.54, 1.807) is 30.3 Å². The third-order valence-electron chi connectivity index (χ3n) is 3.37. The first kappa shape index (κ1) is 15.5. The molecule has 0 saturated heterocycles. The minimum Gasteiger partial charge on any atom is -0.362 e.